The molecule has 0 radical (unpaired) electrons. The first-order chi connectivity index (χ1) is 6.27. The molecule has 0 saturated carbocycles. The van der Waals surface area contributed by atoms with E-state index >= 15 is 0 Å². The van der Waals surface area contributed by atoms with E-state index in [0.29, 0.717) is 11.6 Å². The molecule has 0 N–H and O–H groups in total. The summed E-state index contributed by atoms with van der Waals surface area (Å²) in [5.74, 6) is 0.465. The lowest BCUT2D eigenvalue weighted by Gasteiger charge is -2.03. The molecule has 0 aromatic carbocycles. The van der Waals surface area contributed by atoms with Crippen LogP contribution in [0.15, 0.2) is 18.6 Å². The fraction of sp³-hybridized carbons (Fsp3) is 0.333. The molecule has 0 aliphatic rings. The highest BCUT2D eigenvalue weighted by atomic mass is 15.2. The van der Waals surface area contributed by atoms with Crippen LogP contribution in [0.2, 0.25) is 0 Å². The SMILES string of the molecule is CC(C)c1cnc2nncnc2c1. The number of nitrogens with zero attached hydrogens (tertiary/aromatic N) is 4. The minimum absolute atomic E-state index is 0.465. The van der Waals surface area contributed by atoms with Crippen LogP contribution in [0, 0.1) is 0 Å². The van der Waals surface area contributed by atoms with Crippen molar-refractivity contribution >= 4 is 11.2 Å². The number of hydrogen-bond donors (Lipinski definition) is 0. The van der Waals surface area contributed by atoms with E-state index in [1.165, 1.54) is 11.9 Å². The monoisotopic (exact) mass is 174 g/mol. The highest BCUT2D eigenvalue weighted by molar-refractivity contribution is 5.68. The molecule has 4 heteroatoms. The summed E-state index contributed by atoms with van der Waals surface area (Å²) >= 11 is 0. The summed E-state index contributed by atoms with van der Waals surface area (Å²) in [6.45, 7) is 4.24. The molecular formula is C9H10N4. The van der Waals surface area contributed by atoms with Crippen LogP contribution in [-0.4, -0.2) is 20.2 Å². The highest BCUT2D eigenvalue weighted by Crippen LogP contribution is 2.15. The Hall–Kier alpha value is -1.58. The van der Waals surface area contributed by atoms with Crippen molar-refractivity contribution in [3.05, 3.63) is 24.2 Å². The van der Waals surface area contributed by atoms with E-state index in [2.05, 4.69) is 34.0 Å². The Morgan fingerprint density at radius 1 is 1.23 bits per heavy atom. The first-order valence-corrected chi connectivity index (χ1v) is 4.20. The molecule has 2 aromatic rings. The van der Waals surface area contributed by atoms with Gasteiger partial charge in [0.25, 0.3) is 0 Å². The average molecular weight is 174 g/mol. The van der Waals surface area contributed by atoms with Gasteiger partial charge in [0, 0.05) is 6.20 Å². The van der Waals surface area contributed by atoms with E-state index in [0.717, 1.165) is 5.52 Å². The fourth-order valence-corrected chi connectivity index (χ4v) is 1.12. The molecule has 66 valence electrons. The van der Waals surface area contributed by atoms with Crippen LogP contribution in [0.5, 0.6) is 0 Å². The number of fused-ring (bicyclic) bond motifs is 1. The molecule has 2 rings (SSSR count). The molecule has 4 nitrogen and oxygen atoms in total. The van der Waals surface area contributed by atoms with Crippen LogP contribution < -0.4 is 0 Å². The van der Waals surface area contributed by atoms with Gasteiger partial charge in [0.15, 0.2) is 5.65 Å². The van der Waals surface area contributed by atoms with Crippen molar-refractivity contribution in [1.29, 1.82) is 0 Å². The molecule has 0 saturated heterocycles. The van der Waals surface area contributed by atoms with Gasteiger partial charge in [-0.1, -0.05) is 13.8 Å². The summed E-state index contributed by atoms with van der Waals surface area (Å²) in [5, 5.41) is 7.52. The largest absolute Gasteiger partial charge is 0.233 e. The maximum absolute atomic E-state index is 4.17. The number of rotatable bonds is 1. The minimum atomic E-state index is 0.465. The molecule has 0 fully saturated rings. The molecule has 0 spiro atoms. The molecule has 0 aliphatic heterocycles. The van der Waals surface area contributed by atoms with Gasteiger partial charge >= 0.3 is 0 Å². The van der Waals surface area contributed by atoms with Gasteiger partial charge in [-0.05, 0) is 17.5 Å². The van der Waals surface area contributed by atoms with E-state index in [-0.39, 0.29) is 0 Å². The zero-order valence-electron chi connectivity index (χ0n) is 7.60. The van der Waals surface area contributed by atoms with E-state index in [4.69, 9.17) is 0 Å². The lowest BCUT2D eigenvalue weighted by molar-refractivity contribution is 0.858. The van der Waals surface area contributed by atoms with Gasteiger partial charge in [0.1, 0.15) is 11.8 Å². The van der Waals surface area contributed by atoms with Crippen molar-refractivity contribution in [3.63, 3.8) is 0 Å². The van der Waals surface area contributed by atoms with Crippen LogP contribution in [-0.2, 0) is 0 Å². The van der Waals surface area contributed by atoms with Crippen molar-refractivity contribution in [3.8, 4) is 0 Å². The standard InChI is InChI=1S/C9H10N4/c1-6(2)7-3-8-9(10-4-7)13-12-5-11-8/h3-6H,1-2H3. The number of pyridine rings is 1. The molecule has 0 unspecified atom stereocenters. The Morgan fingerprint density at radius 3 is 2.85 bits per heavy atom. The molecule has 2 heterocycles. The van der Waals surface area contributed by atoms with E-state index < -0.39 is 0 Å². The van der Waals surface area contributed by atoms with Gasteiger partial charge in [-0.25, -0.2) is 9.97 Å². The van der Waals surface area contributed by atoms with Crippen molar-refractivity contribution in [2.45, 2.75) is 19.8 Å². The predicted octanol–water partition coefficient (Wildman–Crippen LogP) is 1.54. The average Bonchev–Trinajstić information content (AvgIpc) is 2.17. The third kappa shape index (κ3) is 1.47. The van der Waals surface area contributed by atoms with Crippen molar-refractivity contribution in [1.82, 2.24) is 20.2 Å². The second-order valence-corrected chi connectivity index (χ2v) is 3.23. The second-order valence-electron chi connectivity index (χ2n) is 3.23. The Morgan fingerprint density at radius 2 is 2.08 bits per heavy atom. The van der Waals surface area contributed by atoms with Gasteiger partial charge in [0.2, 0.25) is 0 Å². The van der Waals surface area contributed by atoms with Crippen molar-refractivity contribution in [2.75, 3.05) is 0 Å². The molecule has 0 aliphatic carbocycles. The summed E-state index contributed by atoms with van der Waals surface area (Å²) < 4.78 is 0. The molecule has 0 bridgehead atoms. The zero-order chi connectivity index (χ0) is 9.26. The highest BCUT2D eigenvalue weighted by Gasteiger charge is 2.02. The Balaban J connectivity index is 2.62. The third-order valence-corrected chi connectivity index (χ3v) is 1.94. The molecule has 13 heavy (non-hydrogen) atoms. The molecule has 0 atom stereocenters. The third-order valence-electron chi connectivity index (χ3n) is 1.94. The summed E-state index contributed by atoms with van der Waals surface area (Å²) in [7, 11) is 0. The van der Waals surface area contributed by atoms with Crippen LogP contribution in [0.3, 0.4) is 0 Å². The summed E-state index contributed by atoms with van der Waals surface area (Å²) in [6.07, 6.45) is 3.26. The van der Waals surface area contributed by atoms with Crippen LogP contribution in [0.1, 0.15) is 25.3 Å². The van der Waals surface area contributed by atoms with Crippen LogP contribution >= 0.6 is 0 Å². The minimum Gasteiger partial charge on any atom is -0.233 e. The van der Waals surface area contributed by atoms with Gasteiger partial charge in [-0.2, -0.15) is 0 Å². The first-order valence-electron chi connectivity index (χ1n) is 4.20. The molecule has 2 aromatic heterocycles. The van der Waals surface area contributed by atoms with Crippen LogP contribution in [0.25, 0.3) is 11.2 Å². The zero-order valence-corrected chi connectivity index (χ0v) is 7.60. The lowest BCUT2D eigenvalue weighted by atomic mass is 10.1. The van der Waals surface area contributed by atoms with Crippen molar-refractivity contribution < 1.29 is 0 Å². The summed E-state index contributed by atoms with van der Waals surface area (Å²) in [5.41, 5.74) is 2.58. The summed E-state index contributed by atoms with van der Waals surface area (Å²) in [6, 6.07) is 2.00. The normalized spacial score (nSPS) is 11.0. The van der Waals surface area contributed by atoms with Crippen molar-refractivity contribution in [2.24, 2.45) is 0 Å². The second kappa shape index (κ2) is 3.05. The quantitative estimate of drug-likeness (QED) is 0.658. The number of aromatic nitrogens is 4. The lowest BCUT2D eigenvalue weighted by Crippen LogP contribution is -1.94. The predicted molar refractivity (Wildman–Crippen MR) is 49.2 cm³/mol. The van der Waals surface area contributed by atoms with E-state index in [9.17, 15) is 0 Å². The smallest absolute Gasteiger partial charge is 0.200 e. The summed E-state index contributed by atoms with van der Waals surface area (Å²) in [4.78, 5) is 8.25. The van der Waals surface area contributed by atoms with Gasteiger partial charge in [0.05, 0.1) is 0 Å². The first kappa shape index (κ1) is 8.04. The number of hydrogen-bond acceptors (Lipinski definition) is 4. The van der Waals surface area contributed by atoms with Gasteiger partial charge in [-0.3, -0.25) is 0 Å². The Kier molecular flexibility index (Phi) is 1.88. The van der Waals surface area contributed by atoms with E-state index in [1.54, 1.807) is 0 Å². The Bertz CT molecular complexity index is 425. The molecule has 0 amide bonds. The van der Waals surface area contributed by atoms with Gasteiger partial charge < -0.3 is 0 Å². The topological polar surface area (TPSA) is 51.6 Å². The van der Waals surface area contributed by atoms with Gasteiger partial charge in [-0.15, -0.1) is 10.2 Å². The maximum Gasteiger partial charge on any atom is 0.200 e. The Labute approximate surface area is 76.1 Å². The maximum atomic E-state index is 4.17. The fourth-order valence-electron chi connectivity index (χ4n) is 1.12. The van der Waals surface area contributed by atoms with E-state index in [1.807, 2.05) is 12.3 Å². The van der Waals surface area contributed by atoms with Crippen LogP contribution in [0.4, 0.5) is 0 Å². The molecular weight excluding hydrogens is 164 g/mol.